The molecule has 1 unspecified atom stereocenters. The number of alkyl halides is 2. The van der Waals surface area contributed by atoms with E-state index in [1.165, 1.54) is 12.1 Å². The fraction of sp³-hybridized carbons (Fsp3) is 0.333. The Hall–Kier alpha value is -3.46. The Balaban J connectivity index is 1.33. The second-order valence-corrected chi connectivity index (χ2v) is 9.57. The van der Waals surface area contributed by atoms with E-state index in [1.807, 2.05) is 36.5 Å². The van der Waals surface area contributed by atoms with Crippen molar-refractivity contribution in [1.29, 1.82) is 0 Å². The third kappa shape index (κ3) is 4.43. The van der Waals surface area contributed by atoms with Gasteiger partial charge in [-0.15, -0.1) is 0 Å². The Labute approximate surface area is 206 Å². The summed E-state index contributed by atoms with van der Waals surface area (Å²) in [5.41, 5.74) is 2.88. The zero-order valence-electron chi connectivity index (χ0n) is 19.5. The predicted molar refractivity (Wildman–Crippen MR) is 130 cm³/mol. The molecule has 0 radical (unpaired) electrons. The fourth-order valence-electron chi connectivity index (χ4n) is 5.05. The molecule has 3 heterocycles. The molecule has 0 amide bonds. The van der Waals surface area contributed by atoms with Gasteiger partial charge in [-0.2, -0.15) is 4.98 Å². The minimum Gasteiger partial charge on any atom is -0.338 e. The maximum absolute atomic E-state index is 14.1. The van der Waals surface area contributed by atoms with E-state index in [4.69, 9.17) is 4.98 Å². The highest BCUT2D eigenvalue weighted by molar-refractivity contribution is 5.83. The molecule has 1 aliphatic carbocycles. The van der Waals surface area contributed by atoms with E-state index in [0.717, 1.165) is 35.4 Å². The minimum absolute atomic E-state index is 0.0841. The van der Waals surface area contributed by atoms with E-state index in [0.29, 0.717) is 42.8 Å². The summed E-state index contributed by atoms with van der Waals surface area (Å²) in [7, 11) is 0. The fourth-order valence-corrected chi connectivity index (χ4v) is 5.05. The Bertz CT molecular complexity index is 1370. The Morgan fingerprint density at radius 3 is 2.42 bits per heavy atom. The molecule has 1 saturated heterocycles. The molecule has 9 heteroatoms. The topological polar surface area (TPSA) is 37.2 Å². The second-order valence-electron chi connectivity index (χ2n) is 9.57. The number of nitrogens with zero attached hydrogens (tertiary/aromatic N) is 5. The molecule has 2 aromatic carbocycles. The summed E-state index contributed by atoms with van der Waals surface area (Å²) in [6.07, 6.45) is 3.14. The number of anilines is 1. The van der Waals surface area contributed by atoms with Crippen LogP contribution < -0.4 is 4.90 Å². The summed E-state index contributed by atoms with van der Waals surface area (Å²) in [4.78, 5) is 12.9. The molecule has 1 aliphatic heterocycles. The Morgan fingerprint density at radius 2 is 1.72 bits per heavy atom. The van der Waals surface area contributed by atoms with E-state index in [2.05, 4.69) is 4.98 Å². The summed E-state index contributed by atoms with van der Waals surface area (Å²) in [5.74, 6) is -0.649. The van der Waals surface area contributed by atoms with Crippen LogP contribution in [0.2, 0.25) is 0 Å². The van der Waals surface area contributed by atoms with Gasteiger partial charge in [-0.3, -0.25) is 4.90 Å². The van der Waals surface area contributed by atoms with Crippen molar-refractivity contribution < 1.29 is 17.6 Å². The van der Waals surface area contributed by atoms with Crippen molar-refractivity contribution in [2.75, 3.05) is 24.5 Å². The van der Waals surface area contributed by atoms with Gasteiger partial charge < -0.3 is 9.47 Å². The maximum Gasteiger partial charge on any atom is 0.255 e. The van der Waals surface area contributed by atoms with Crippen molar-refractivity contribution in [3.63, 3.8) is 0 Å². The first-order valence-corrected chi connectivity index (χ1v) is 12.1. The van der Waals surface area contributed by atoms with Crippen LogP contribution in [0, 0.1) is 11.6 Å². The van der Waals surface area contributed by atoms with E-state index in [-0.39, 0.29) is 6.54 Å². The van der Waals surface area contributed by atoms with Crippen LogP contribution in [-0.2, 0) is 6.54 Å². The first-order valence-electron chi connectivity index (χ1n) is 12.1. The molecule has 186 valence electrons. The van der Waals surface area contributed by atoms with Gasteiger partial charge >= 0.3 is 0 Å². The predicted octanol–water partition coefficient (Wildman–Crippen LogP) is 5.53. The van der Waals surface area contributed by atoms with Crippen LogP contribution >= 0.6 is 0 Å². The van der Waals surface area contributed by atoms with Crippen molar-refractivity contribution in [3.8, 4) is 5.69 Å². The van der Waals surface area contributed by atoms with Gasteiger partial charge in [0.15, 0.2) is 0 Å². The van der Waals surface area contributed by atoms with Crippen molar-refractivity contribution >= 4 is 17.0 Å². The van der Waals surface area contributed by atoms with Crippen molar-refractivity contribution in [3.05, 3.63) is 83.7 Å². The molecule has 0 N–H and O–H groups in total. The van der Waals surface area contributed by atoms with Crippen LogP contribution in [-0.4, -0.2) is 51.5 Å². The number of halogens is 4. The lowest BCUT2D eigenvalue weighted by Crippen LogP contribution is -2.56. The molecular formula is C27H25F4N5. The van der Waals surface area contributed by atoms with Crippen molar-refractivity contribution in [2.24, 2.45) is 0 Å². The lowest BCUT2D eigenvalue weighted by Gasteiger charge is -2.41. The molecule has 6 rings (SSSR count). The van der Waals surface area contributed by atoms with Crippen LogP contribution in [0.15, 0.2) is 60.9 Å². The Morgan fingerprint density at radius 1 is 0.972 bits per heavy atom. The number of hydrogen-bond donors (Lipinski definition) is 0. The lowest BCUT2D eigenvalue weighted by atomic mass is 10.1. The summed E-state index contributed by atoms with van der Waals surface area (Å²) >= 11 is 0. The molecular weight excluding hydrogens is 470 g/mol. The van der Waals surface area contributed by atoms with Gasteiger partial charge in [0.1, 0.15) is 17.3 Å². The van der Waals surface area contributed by atoms with Crippen molar-refractivity contribution in [1.82, 2.24) is 19.4 Å². The zero-order valence-corrected chi connectivity index (χ0v) is 19.5. The van der Waals surface area contributed by atoms with Crippen molar-refractivity contribution in [2.45, 2.75) is 37.8 Å². The lowest BCUT2D eigenvalue weighted by molar-refractivity contribution is 0.0147. The quantitative estimate of drug-likeness (QED) is 0.330. The van der Waals surface area contributed by atoms with E-state index >= 15 is 0 Å². The van der Waals surface area contributed by atoms with Gasteiger partial charge in [-0.05, 0) is 42.0 Å². The molecule has 2 aliphatic rings. The number of benzene rings is 2. The minimum atomic E-state index is -2.53. The van der Waals surface area contributed by atoms with Crippen LogP contribution in [0.3, 0.4) is 0 Å². The zero-order chi connectivity index (χ0) is 24.8. The van der Waals surface area contributed by atoms with Gasteiger partial charge in [-0.25, -0.2) is 22.5 Å². The summed E-state index contributed by atoms with van der Waals surface area (Å²) in [6, 6.07) is 12.0. The number of fused-ring (bicyclic) bond motifs is 1. The number of aromatic nitrogens is 3. The average molecular weight is 496 g/mol. The molecule has 5 nitrogen and oxygen atoms in total. The largest absolute Gasteiger partial charge is 0.338 e. The van der Waals surface area contributed by atoms with Gasteiger partial charge in [0, 0.05) is 50.0 Å². The SMILES string of the molecule is Fc1cc(F)cc(-n2cc(C3CC3)c3cnc(N4CCN(Cc5ccccc5)C(C(F)F)C4)nc32)c1. The normalized spacial score (nSPS) is 18.9. The van der Waals surface area contributed by atoms with E-state index in [9.17, 15) is 17.6 Å². The maximum atomic E-state index is 14.1. The summed E-state index contributed by atoms with van der Waals surface area (Å²) in [5, 5.41) is 0.819. The molecule has 4 aromatic rings. The molecule has 1 saturated carbocycles. The first-order chi connectivity index (χ1) is 17.5. The van der Waals surface area contributed by atoms with Crippen LogP contribution in [0.4, 0.5) is 23.5 Å². The molecule has 0 bridgehead atoms. The standard InChI is InChI=1S/C27H25F4N5/c28-19-10-20(29)12-21(11-19)36-15-23(18-6-7-18)22-13-32-27(33-26(22)36)35-9-8-34(24(16-35)25(30)31)14-17-4-2-1-3-5-17/h1-5,10-13,15,18,24-25H,6-9,14,16H2. The smallest absolute Gasteiger partial charge is 0.255 e. The highest BCUT2D eigenvalue weighted by atomic mass is 19.3. The van der Waals surface area contributed by atoms with E-state index < -0.39 is 24.1 Å². The van der Waals surface area contributed by atoms with Gasteiger partial charge in [0.25, 0.3) is 6.43 Å². The monoisotopic (exact) mass is 495 g/mol. The molecule has 0 spiro atoms. The van der Waals surface area contributed by atoms with Gasteiger partial charge in [0.2, 0.25) is 5.95 Å². The molecule has 2 fully saturated rings. The summed E-state index contributed by atoms with van der Waals surface area (Å²) < 4.78 is 57.9. The van der Waals surface area contributed by atoms with Gasteiger partial charge in [0.05, 0.1) is 11.7 Å². The van der Waals surface area contributed by atoms with Crippen LogP contribution in [0.5, 0.6) is 0 Å². The second kappa shape index (κ2) is 9.20. The highest BCUT2D eigenvalue weighted by Gasteiger charge is 2.35. The van der Waals surface area contributed by atoms with Gasteiger partial charge in [-0.1, -0.05) is 30.3 Å². The summed E-state index contributed by atoms with van der Waals surface area (Å²) in [6.45, 7) is 1.46. The van der Waals surface area contributed by atoms with Crippen LogP contribution in [0.1, 0.15) is 29.9 Å². The average Bonchev–Trinajstić information content (AvgIpc) is 3.64. The first kappa shape index (κ1) is 23.0. The molecule has 36 heavy (non-hydrogen) atoms. The number of piperazine rings is 1. The molecule has 2 aromatic heterocycles. The number of hydrogen-bond acceptors (Lipinski definition) is 4. The van der Waals surface area contributed by atoms with Crippen LogP contribution in [0.25, 0.3) is 16.7 Å². The molecule has 1 atom stereocenters. The third-order valence-corrected chi connectivity index (χ3v) is 7.04. The Kier molecular flexibility index (Phi) is 5.87. The highest BCUT2D eigenvalue weighted by Crippen LogP contribution is 2.44. The number of rotatable bonds is 6. The van der Waals surface area contributed by atoms with E-state index in [1.54, 1.807) is 20.6 Å². The third-order valence-electron chi connectivity index (χ3n) is 7.04.